The van der Waals surface area contributed by atoms with E-state index in [0.29, 0.717) is 22.9 Å². The first-order valence-corrected chi connectivity index (χ1v) is 8.73. The average Bonchev–Trinajstić information content (AvgIpc) is 2.61. The molecule has 1 saturated heterocycles. The average molecular weight is 360 g/mol. The lowest BCUT2D eigenvalue weighted by Crippen LogP contribution is -2.40. The fourth-order valence-electron chi connectivity index (χ4n) is 3.43. The van der Waals surface area contributed by atoms with Gasteiger partial charge in [0.2, 0.25) is 5.91 Å². The highest BCUT2D eigenvalue weighted by atomic mass is 35.5. The second kappa shape index (κ2) is 7.42. The monoisotopic (exact) mass is 359 g/mol. The van der Waals surface area contributed by atoms with Crippen LogP contribution in [0.15, 0.2) is 36.5 Å². The molecule has 1 aromatic carbocycles. The lowest BCUT2D eigenvalue weighted by atomic mass is 9.72. The van der Waals surface area contributed by atoms with Crippen LogP contribution < -0.4 is 11.1 Å². The van der Waals surface area contributed by atoms with E-state index in [9.17, 15) is 4.79 Å². The molecule has 2 heterocycles. The molecule has 5 nitrogen and oxygen atoms in total. The number of aryl methyl sites for hydroxylation is 1. The molecule has 1 fully saturated rings. The van der Waals surface area contributed by atoms with Gasteiger partial charge in [0.15, 0.2) is 0 Å². The molecule has 0 radical (unpaired) electrons. The van der Waals surface area contributed by atoms with Crippen LogP contribution in [0.3, 0.4) is 0 Å². The molecule has 0 saturated carbocycles. The van der Waals surface area contributed by atoms with Crippen LogP contribution >= 0.6 is 11.6 Å². The summed E-state index contributed by atoms with van der Waals surface area (Å²) in [5.74, 6) is 0.0212. The van der Waals surface area contributed by atoms with Crippen LogP contribution in [-0.4, -0.2) is 30.6 Å². The third-order valence-electron chi connectivity index (χ3n) is 4.89. The van der Waals surface area contributed by atoms with Crippen molar-refractivity contribution in [2.24, 2.45) is 5.73 Å². The van der Waals surface area contributed by atoms with Gasteiger partial charge in [-0.05, 0) is 37.0 Å². The van der Waals surface area contributed by atoms with E-state index in [-0.39, 0.29) is 5.41 Å². The van der Waals surface area contributed by atoms with Gasteiger partial charge in [-0.1, -0.05) is 35.9 Å². The number of rotatable bonds is 5. The fourth-order valence-corrected chi connectivity index (χ4v) is 3.66. The molecule has 2 aromatic rings. The quantitative estimate of drug-likeness (QED) is 0.858. The van der Waals surface area contributed by atoms with E-state index in [2.05, 4.69) is 41.5 Å². The van der Waals surface area contributed by atoms with Crippen LogP contribution in [0.4, 0.5) is 5.82 Å². The summed E-state index contributed by atoms with van der Waals surface area (Å²) in [6.45, 7) is 4.30. The van der Waals surface area contributed by atoms with Crippen molar-refractivity contribution >= 4 is 23.3 Å². The maximum absolute atomic E-state index is 11.2. The predicted octanol–water partition coefficient (Wildman–Crippen LogP) is 3.30. The molecule has 132 valence electrons. The molecule has 1 amide bonds. The van der Waals surface area contributed by atoms with Gasteiger partial charge in [0.05, 0.1) is 10.6 Å². The molecule has 25 heavy (non-hydrogen) atoms. The Kier molecular flexibility index (Phi) is 5.25. The predicted molar refractivity (Wildman–Crippen MR) is 99.2 cm³/mol. The van der Waals surface area contributed by atoms with Crippen molar-refractivity contribution in [3.8, 4) is 0 Å². The Bertz CT molecular complexity index is 773. The molecular formula is C19H22ClN3O2. The lowest BCUT2D eigenvalue weighted by Gasteiger charge is -2.39. The van der Waals surface area contributed by atoms with E-state index >= 15 is 0 Å². The third kappa shape index (κ3) is 3.78. The Balaban J connectivity index is 1.85. The van der Waals surface area contributed by atoms with Crippen molar-refractivity contribution in [2.75, 3.05) is 25.1 Å². The standard InChI is InChI=1S/C19H22ClN3O2/c1-13-4-2-3-5-15(13)19(6-8-25-9-7-19)12-23-18-16(20)10-14(11-22-18)17(21)24/h2-5,10-11H,6-9,12H2,1H3,(H2,21,24)(H,22,23). The molecule has 0 unspecified atom stereocenters. The first-order valence-electron chi connectivity index (χ1n) is 8.35. The number of nitrogens with one attached hydrogen (secondary N) is 1. The van der Waals surface area contributed by atoms with Crippen LogP contribution in [0, 0.1) is 6.92 Å². The number of nitrogens with two attached hydrogens (primary N) is 1. The van der Waals surface area contributed by atoms with Gasteiger partial charge < -0.3 is 15.8 Å². The number of pyridine rings is 1. The minimum absolute atomic E-state index is 0.0308. The Morgan fingerprint density at radius 2 is 2.08 bits per heavy atom. The maximum Gasteiger partial charge on any atom is 0.250 e. The molecule has 0 aliphatic carbocycles. The molecule has 6 heteroatoms. The van der Waals surface area contributed by atoms with Crippen molar-refractivity contribution < 1.29 is 9.53 Å². The number of ether oxygens (including phenoxy) is 1. The van der Waals surface area contributed by atoms with Gasteiger partial charge in [0.25, 0.3) is 0 Å². The van der Waals surface area contributed by atoms with Crippen LogP contribution in [-0.2, 0) is 10.2 Å². The molecule has 1 aliphatic rings. The molecule has 1 aliphatic heterocycles. The van der Waals surface area contributed by atoms with E-state index in [1.807, 2.05) is 0 Å². The Morgan fingerprint density at radius 3 is 2.72 bits per heavy atom. The molecule has 0 spiro atoms. The number of carbonyl (C=O) groups excluding carboxylic acids is 1. The van der Waals surface area contributed by atoms with Crippen molar-refractivity contribution in [1.82, 2.24) is 4.98 Å². The minimum Gasteiger partial charge on any atom is -0.381 e. The van der Waals surface area contributed by atoms with Crippen LogP contribution in [0.25, 0.3) is 0 Å². The smallest absolute Gasteiger partial charge is 0.250 e. The number of amides is 1. The van der Waals surface area contributed by atoms with Crippen molar-refractivity contribution in [3.05, 3.63) is 58.2 Å². The summed E-state index contributed by atoms with van der Waals surface area (Å²) in [7, 11) is 0. The number of hydrogen-bond acceptors (Lipinski definition) is 4. The number of halogens is 1. The number of benzene rings is 1. The zero-order valence-electron chi connectivity index (χ0n) is 14.2. The summed E-state index contributed by atoms with van der Waals surface area (Å²) in [6, 6.07) is 10.0. The van der Waals surface area contributed by atoms with E-state index in [1.54, 1.807) is 6.07 Å². The summed E-state index contributed by atoms with van der Waals surface area (Å²) < 4.78 is 5.58. The second-order valence-corrected chi connectivity index (χ2v) is 6.89. The topological polar surface area (TPSA) is 77.2 Å². The first kappa shape index (κ1) is 17.7. The van der Waals surface area contributed by atoms with Crippen molar-refractivity contribution in [3.63, 3.8) is 0 Å². The summed E-state index contributed by atoms with van der Waals surface area (Å²) >= 11 is 6.26. The first-order chi connectivity index (χ1) is 12.0. The second-order valence-electron chi connectivity index (χ2n) is 6.48. The fraction of sp³-hybridized carbons (Fsp3) is 0.368. The van der Waals surface area contributed by atoms with Crippen molar-refractivity contribution in [2.45, 2.75) is 25.2 Å². The van der Waals surface area contributed by atoms with Gasteiger partial charge >= 0.3 is 0 Å². The van der Waals surface area contributed by atoms with E-state index in [1.165, 1.54) is 17.3 Å². The summed E-state index contributed by atoms with van der Waals surface area (Å²) in [4.78, 5) is 15.5. The van der Waals surface area contributed by atoms with E-state index in [0.717, 1.165) is 26.1 Å². The Labute approximate surface area is 152 Å². The van der Waals surface area contributed by atoms with Crippen molar-refractivity contribution in [1.29, 1.82) is 0 Å². The van der Waals surface area contributed by atoms with Gasteiger partial charge in [-0.2, -0.15) is 0 Å². The Morgan fingerprint density at radius 1 is 1.36 bits per heavy atom. The summed E-state index contributed by atoms with van der Waals surface area (Å²) in [5.41, 5.74) is 8.14. The number of primary amides is 1. The largest absolute Gasteiger partial charge is 0.381 e. The van der Waals surface area contributed by atoms with E-state index in [4.69, 9.17) is 22.1 Å². The van der Waals surface area contributed by atoms with Gasteiger partial charge in [0.1, 0.15) is 5.82 Å². The Hall–Kier alpha value is -2.11. The SMILES string of the molecule is Cc1ccccc1C1(CNc2ncc(C(N)=O)cc2Cl)CCOCC1. The summed E-state index contributed by atoms with van der Waals surface area (Å²) in [6.07, 6.45) is 3.31. The molecule has 1 aromatic heterocycles. The number of anilines is 1. The zero-order valence-corrected chi connectivity index (χ0v) is 15.0. The highest BCUT2D eigenvalue weighted by Crippen LogP contribution is 2.37. The molecule has 0 bridgehead atoms. The van der Waals surface area contributed by atoms with Crippen LogP contribution in [0.2, 0.25) is 5.02 Å². The van der Waals surface area contributed by atoms with Gasteiger partial charge in [-0.3, -0.25) is 4.79 Å². The molecule has 0 atom stereocenters. The molecule has 3 rings (SSSR count). The van der Waals surface area contributed by atoms with Crippen LogP contribution in [0.1, 0.15) is 34.3 Å². The molecule has 3 N–H and O–H groups in total. The number of hydrogen-bond donors (Lipinski definition) is 2. The molecular weight excluding hydrogens is 338 g/mol. The van der Waals surface area contributed by atoms with Gasteiger partial charge in [-0.15, -0.1) is 0 Å². The maximum atomic E-state index is 11.2. The van der Waals surface area contributed by atoms with Crippen LogP contribution in [0.5, 0.6) is 0 Å². The third-order valence-corrected chi connectivity index (χ3v) is 5.17. The van der Waals surface area contributed by atoms with Gasteiger partial charge in [-0.25, -0.2) is 4.98 Å². The zero-order chi connectivity index (χ0) is 17.9. The summed E-state index contributed by atoms with van der Waals surface area (Å²) in [5, 5.41) is 3.76. The van der Waals surface area contributed by atoms with Gasteiger partial charge in [0, 0.05) is 31.4 Å². The number of nitrogens with zero attached hydrogens (tertiary/aromatic N) is 1. The number of aromatic nitrogens is 1. The van der Waals surface area contributed by atoms with E-state index < -0.39 is 5.91 Å². The normalized spacial score (nSPS) is 16.4. The number of carbonyl (C=O) groups is 1. The lowest BCUT2D eigenvalue weighted by molar-refractivity contribution is 0.0541. The highest BCUT2D eigenvalue weighted by molar-refractivity contribution is 6.33. The minimum atomic E-state index is -0.540. The highest BCUT2D eigenvalue weighted by Gasteiger charge is 2.35.